The van der Waals surface area contributed by atoms with Crippen LogP contribution in [0.25, 0.3) is 0 Å². The second kappa shape index (κ2) is 7.46. The third-order valence-corrected chi connectivity index (χ3v) is 6.85. The first-order chi connectivity index (χ1) is 16.7. The van der Waals surface area contributed by atoms with Gasteiger partial charge in [-0.1, -0.05) is 6.07 Å². The number of ether oxygens (including phenoxy) is 2. The van der Waals surface area contributed by atoms with Crippen LogP contribution in [0.2, 0.25) is 0 Å². The van der Waals surface area contributed by atoms with Crippen LogP contribution in [0.5, 0.6) is 17.4 Å². The fourth-order valence-corrected chi connectivity index (χ4v) is 5.34. The minimum absolute atomic E-state index is 0.0477. The van der Waals surface area contributed by atoms with Gasteiger partial charge in [-0.2, -0.15) is 23.4 Å². The normalized spacial score (nSPS) is 21.7. The Kier molecular flexibility index (Phi) is 4.58. The summed E-state index contributed by atoms with van der Waals surface area (Å²) < 4.78 is 51.7. The van der Waals surface area contributed by atoms with Crippen molar-refractivity contribution in [1.82, 2.24) is 14.5 Å². The Hall–Kier alpha value is -4.07. The molecule has 3 fully saturated rings. The van der Waals surface area contributed by atoms with Gasteiger partial charge >= 0.3 is 11.9 Å². The Balaban J connectivity index is 1.18. The summed E-state index contributed by atoms with van der Waals surface area (Å²) in [4.78, 5) is 22.2. The molecule has 7 rings (SSSR count). The molecule has 178 valence electrons. The molecule has 0 N–H and O–H groups in total. The summed E-state index contributed by atoms with van der Waals surface area (Å²) in [7, 11) is 0. The molecule has 2 aromatic heterocycles. The number of anilines is 1. The van der Waals surface area contributed by atoms with Crippen molar-refractivity contribution in [2.24, 2.45) is 5.92 Å². The van der Waals surface area contributed by atoms with Crippen molar-refractivity contribution in [3.05, 3.63) is 69.9 Å². The minimum atomic E-state index is -4.61. The number of nitriles is 1. The molecule has 35 heavy (non-hydrogen) atoms. The van der Waals surface area contributed by atoms with Gasteiger partial charge in [0.05, 0.1) is 17.6 Å². The predicted molar refractivity (Wildman–Crippen MR) is 116 cm³/mol. The van der Waals surface area contributed by atoms with E-state index in [1.807, 2.05) is 6.07 Å². The van der Waals surface area contributed by atoms with Crippen LogP contribution in [0.15, 0.2) is 47.4 Å². The smallest absolute Gasteiger partial charge is 0.433 e. The summed E-state index contributed by atoms with van der Waals surface area (Å²) in [6.07, 6.45) is -1.41. The summed E-state index contributed by atoms with van der Waals surface area (Å²) >= 11 is 0. The second-order valence-corrected chi connectivity index (χ2v) is 9.14. The number of aromatic nitrogens is 3. The number of halogens is 3. The molecule has 3 aliphatic heterocycles. The molecule has 5 heterocycles. The highest BCUT2D eigenvalue weighted by Gasteiger charge is 2.60. The third kappa shape index (κ3) is 3.56. The third-order valence-electron chi connectivity index (χ3n) is 6.85. The Bertz CT molecular complexity index is 1440. The highest BCUT2D eigenvalue weighted by molar-refractivity contribution is 5.54. The average molecular weight is 481 g/mol. The zero-order valence-corrected chi connectivity index (χ0v) is 18.2. The van der Waals surface area contributed by atoms with Gasteiger partial charge in [-0.25, -0.2) is 4.79 Å². The van der Waals surface area contributed by atoms with Gasteiger partial charge in [0.2, 0.25) is 5.88 Å². The molecule has 0 radical (unpaired) electrons. The van der Waals surface area contributed by atoms with Crippen molar-refractivity contribution in [1.29, 1.82) is 5.26 Å². The largest absolute Gasteiger partial charge is 0.473 e. The first-order valence-electron chi connectivity index (χ1n) is 11.0. The van der Waals surface area contributed by atoms with E-state index in [9.17, 15) is 23.2 Å². The summed E-state index contributed by atoms with van der Waals surface area (Å²) in [5, 5.41) is 9.52. The molecule has 0 atom stereocenters. The predicted octanol–water partition coefficient (Wildman–Crippen LogP) is 3.88. The molecule has 8 nitrogen and oxygen atoms in total. The number of rotatable bonds is 5. The second-order valence-electron chi connectivity index (χ2n) is 9.14. The van der Waals surface area contributed by atoms with Crippen LogP contribution >= 0.6 is 0 Å². The van der Waals surface area contributed by atoms with E-state index in [2.05, 4.69) is 14.9 Å². The number of nitrogens with zero attached hydrogens (tertiary/aromatic N) is 5. The first-order valence-corrected chi connectivity index (χ1v) is 11.0. The van der Waals surface area contributed by atoms with Gasteiger partial charge in [0.15, 0.2) is 0 Å². The molecular weight excluding hydrogens is 463 g/mol. The maximum atomic E-state index is 12.9. The lowest BCUT2D eigenvalue weighted by Crippen LogP contribution is -2.44. The fourth-order valence-electron chi connectivity index (χ4n) is 5.34. The van der Waals surface area contributed by atoms with E-state index in [-0.39, 0.29) is 40.8 Å². The summed E-state index contributed by atoms with van der Waals surface area (Å²) in [6, 6.07) is 10.4. The number of alkyl halides is 3. The lowest BCUT2D eigenvalue weighted by atomic mass is 9.74. The van der Waals surface area contributed by atoms with Gasteiger partial charge in [0.1, 0.15) is 35.7 Å². The fraction of sp³-hybridized carbons (Fsp3) is 0.333. The van der Waals surface area contributed by atoms with Crippen molar-refractivity contribution < 1.29 is 22.6 Å². The minimum Gasteiger partial charge on any atom is -0.473 e. The van der Waals surface area contributed by atoms with Crippen LogP contribution < -0.4 is 20.1 Å². The molecule has 1 aromatic carbocycles. The van der Waals surface area contributed by atoms with Gasteiger partial charge in [-0.15, -0.1) is 0 Å². The molecule has 1 saturated carbocycles. The van der Waals surface area contributed by atoms with E-state index in [4.69, 9.17) is 9.47 Å². The molecule has 0 amide bonds. The van der Waals surface area contributed by atoms with Crippen molar-refractivity contribution in [3.8, 4) is 23.4 Å². The van der Waals surface area contributed by atoms with Crippen molar-refractivity contribution in [2.75, 3.05) is 11.4 Å². The molecule has 3 aromatic rings. The maximum absolute atomic E-state index is 12.9. The van der Waals surface area contributed by atoms with E-state index < -0.39 is 11.9 Å². The van der Waals surface area contributed by atoms with Crippen LogP contribution in [0.1, 0.15) is 29.7 Å². The van der Waals surface area contributed by atoms with Crippen LogP contribution in [-0.4, -0.2) is 26.6 Å². The van der Waals surface area contributed by atoms with E-state index in [1.54, 1.807) is 16.7 Å². The van der Waals surface area contributed by atoms with E-state index in [0.717, 1.165) is 37.5 Å². The quantitative estimate of drug-likeness (QED) is 0.546. The SMILES string of the molecule is N#Cc1cc(COc2cc3n(c(=O)n2)CC24CC(CN32)C4)ccc1Oc1ccnc(C(F)(F)F)c1. The number of benzene rings is 1. The standard InChI is InChI=1S/C24H18F3N5O3/c25-24(26,27)19-6-17(3-4-29-19)35-18-2-1-14(5-16(18)10-28)12-34-20-7-21-31(22(33)30-20)13-23-8-15(9-23)11-32(21)23/h1-7,15H,8-9,11-13H2. The molecular formula is C24H18F3N5O3. The number of hydrogen-bond acceptors (Lipinski definition) is 7. The van der Waals surface area contributed by atoms with Crippen molar-refractivity contribution in [2.45, 2.75) is 37.7 Å². The van der Waals surface area contributed by atoms with E-state index >= 15 is 0 Å². The number of hydrogen-bond donors (Lipinski definition) is 0. The zero-order chi connectivity index (χ0) is 24.4. The van der Waals surface area contributed by atoms with Crippen molar-refractivity contribution in [3.63, 3.8) is 0 Å². The molecule has 4 aliphatic rings. The molecule has 0 unspecified atom stereocenters. The van der Waals surface area contributed by atoms with Crippen LogP contribution in [0.3, 0.4) is 0 Å². The Morgan fingerprint density at radius 3 is 2.80 bits per heavy atom. The summed E-state index contributed by atoms with van der Waals surface area (Å²) in [6.45, 7) is 1.66. The Labute approximate surface area is 197 Å². The van der Waals surface area contributed by atoms with E-state index in [0.29, 0.717) is 18.0 Å². The number of fused-ring (bicyclic) bond motifs is 1. The molecule has 2 bridgehead atoms. The molecule has 1 spiro atoms. The Morgan fingerprint density at radius 1 is 1.20 bits per heavy atom. The Morgan fingerprint density at radius 2 is 2.03 bits per heavy atom. The molecule has 1 aliphatic carbocycles. The summed E-state index contributed by atoms with van der Waals surface area (Å²) in [5.41, 5.74) is -0.640. The monoisotopic (exact) mass is 481 g/mol. The van der Waals surface area contributed by atoms with Gasteiger partial charge in [0.25, 0.3) is 0 Å². The van der Waals surface area contributed by atoms with Crippen LogP contribution in [0.4, 0.5) is 19.0 Å². The van der Waals surface area contributed by atoms with Gasteiger partial charge in [-0.3, -0.25) is 9.55 Å². The lowest BCUT2D eigenvalue weighted by Gasteiger charge is -2.37. The number of pyridine rings is 1. The van der Waals surface area contributed by atoms with Gasteiger partial charge in [0, 0.05) is 24.9 Å². The summed E-state index contributed by atoms with van der Waals surface area (Å²) in [5.74, 6) is 1.74. The first kappa shape index (κ1) is 21.5. The van der Waals surface area contributed by atoms with Gasteiger partial charge in [-0.05, 0) is 42.5 Å². The van der Waals surface area contributed by atoms with Gasteiger partial charge < -0.3 is 14.4 Å². The van der Waals surface area contributed by atoms with Crippen LogP contribution in [0, 0.1) is 17.2 Å². The average Bonchev–Trinajstić information content (AvgIpc) is 3.44. The highest BCUT2D eigenvalue weighted by Crippen LogP contribution is 2.56. The zero-order valence-electron chi connectivity index (χ0n) is 18.2. The lowest BCUT2D eigenvalue weighted by molar-refractivity contribution is -0.141. The topological polar surface area (TPSA) is 93.3 Å². The molecule has 2 saturated heterocycles. The van der Waals surface area contributed by atoms with Crippen LogP contribution in [-0.2, 0) is 19.3 Å². The van der Waals surface area contributed by atoms with E-state index in [1.165, 1.54) is 18.2 Å². The maximum Gasteiger partial charge on any atom is 0.433 e. The molecule has 11 heteroatoms. The highest BCUT2D eigenvalue weighted by atomic mass is 19.4. The van der Waals surface area contributed by atoms with Crippen molar-refractivity contribution >= 4 is 5.82 Å².